The van der Waals surface area contributed by atoms with Gasteiger partial charge in [-0.25, -0.2) is 9.48 Å². The zero-order valence-corrected chi connectivity index (χ0v) is 19.6. The molecule has 1 amide bonds. The van der Waals surface area contributed by atoms with Crippen LogP contribution in [0.2, 0.25) is 0 Å². The van der Waals surface area contributed by atoms with Crippen LogP contribution >= 0.6 is 0 Å². The first-order valence-corrected chi connectivity index (χ1v) is 11.1. The number of rotatable bonds is 8. The van der Waals surface area contributed by atoms with Gasteiger partial charge < -0.3 is 19.8 Å². The van der Waals surface area contributed by atoms with Crippen molar-refractivity contribution in [3.8, 4) is 5.69 Å². The van der Waals surface area contributed by atoms with Crippen LogP contribution in [0.25, 0.3) is 5.69 Å². The molecule has 35 heavy (non-hydrogen) atoms. The number of carbonyl (C=O) groups excluding carboxylic acids is 2. The molecule has 1 unspecified atom stereocenters. The zero-order chi connectivity index (χ0) is 24.9. The summed E-state index contributed by atoms with van der Waals surface area (Å²) in [5.74, 6) is -0.563. The van der Waals surface area contributed by atoms with Gasteiger partial charge >= 0.3 is 5.97 Å². The monoisotopic (exact) mass is 474 g/mol. The molecule has 180 valence electrons. The molecule has 1 atom stereocenters. The molecule has 0 fully saturated rings. The van der Waals surface area contributed by atoms with E-state index in [1.54, 1.807) is 67.4 Å². The summed E-state index contributed by atoms with van der Waals surface area (Å²) in [4.78, 5) is 38.7. The van der Waals surface area contributed by atoms with Crippen molar-refractivity contribution >= 4 is 23.3 Å². The summed E-state index contributed by atoms with van der Waals surface area (Å²) in [6.45, 7) is 3.57. The van der Waals surface area contributed by atoms with E-state index >= 15 is 0 Å². The van der Waals surface area contributed by atoms with Crippen LogP contribution in [0.3, 0.4) is 0 Å². The average molecular weight is 475 g/mol. The second-order valence-corrected chi connectivity index (χ2v) is 7.95. The summed E-state index contributed by atoms with van der Waals surface area (Å²) < 4.78 is 13.8. The number of carbonyl (C=O) groups is 2. The van der Waals surface area contributed by atoms with E-state index in [2.05, 4.69) is 10.6 Å². The molecule has 2 aromatic heterocycles. The molecule has 9 nitrogen and oxygen atoms in total. The molecule has 0 aliphatic carbocycles. The SMILES string of the molecule is Cc1c(NC(=O)C(C)OC(=O)c2ccccc2NCc2ccco2)c(=O)n(-c2ccccc2)n1C. The molecule has 4 rings (SSSR count). The number of ether oxygens (including phenoxy) is 1. The Hall–Kier alpha value is -4.53. The highest BCUT2D eigenvalue weighted by Crippen LogP contribution is 2.19. The zero-order valence-electron chi connectivity index (χ0n) is 19.6. The maximum Gasteiger partial charge on any atom is 0.341 e. The molecule has 2 N–H and O–H groups in total. The smallest absolute Gasteiger partial charge is 0.341 e. The quantitative estimate of drug-likeness (QED) is 0.376. The Morgan fingerprint density at radius 1 is 1.03 bits per heavy atom. The topological polar surface area (TPSA) is 108 Å². The molecule has 0 radical (unpaired) electrons. The third kappa shape index (κ3) is 5.03. The second kappa shape index (κ2) is 10.2. The first-order valence-electron chi connectivity index (χ1n) is 11.1. The minimum absolute atomic E-state index is 0.129. The standard InChI is InChI=1S/C26H26N4O5/c1-17-23(25(32)30(29(17)3)19-10-5-4-6-11-19)28-24(31)18(2)35-26(33)21-13-7-8-14-22(21)27-16-20-12-9-15-34-20/h4-15,18,27H,16H2,1-3H3,(H,28,31). The van der Waals surface area contributed by atoms with Crippen LogP contribution in [-0.4, -0.2) is 27.3 Å². The van der Waals surface area contributed by atoms with Gasteiger partial charge in [0, 0.05) is 12.7 Å². The Labute approximate surface area is 201 Å². The lowest BCUT2D eigenvalue weighted by Crippen LogP contribution is -2.32. The van der Waals surface area contributed by atoms with Gasteiger partial charge in [-0.15, -0.1) is 0 Å². The van der Waals surface area contributed by atoms with Crippen LogP contribution in [0.5, 0.6) is 0 Å². The fraction of sp³-hybridized carbons (Fsp3) is 0.192. The number of amides is 1. The van der Waals surface area contributed by atoms with Crippen LogP contribution in [0, 0.1) is 6.92 Å². The summed E-state index contributed by atoms with van der Waals surface area (Å²) in [6.07, 6.45) is 0.436. The lowest BCUT2D eigenvalue weighted by Gasteiger charge is -2.15. The molecular formula is C26H26N4O5. The van der Waals surface area contributed by atoms with Gasteiger partial charge in [-0.3, -0.25) is 14.3 Å². The largest absolute Gasteiger partial charge is 0.467 e. The van der Waals surface area contributed by atoms with Gasteiger partial charge in [-0.1, -0.05) is 30.3 Å². The molecule has 2 heterocycles. The Kier molecular flexibility index (Phi) is 6.86. The number of para-hydroxylation sites is 2. The van der Waals surface area contributed by atoms with E-state index in [0.717, 1.165) is 0 Å². The fourth-order valence-corrected chi connectivity index (χ4v) is 3.63. The van der Waals surface area contributed by atoms with Gasteiger partial charge in [0.1, 0.15) is 11.4 Å². The number of nitrogens with zero attached hydrogens (tertiary/aromatic N) is 2. The van der Waals surface area contributed by atoms with Crippen LogP contribution in [0.1, 0.15) is 28.7 Å². The summed E-state index contributed by atoms with van der Waals surface area (Å²) in [5.41, 5.74) is 1.81. The highest BCUT2D eigenvalue weighted by Gasteiger charge is 2.24. The van der Waals surface area contributed by atoms with Crippen molar-refractivity contribution in [2.45, 2.75) is 26.5 Å². The number of nitrogens with one attached hydrogen (secondary N) is 2. The molecule has 0 saturated carbocycles. The molecule has 0 aliphatic heterocycles. The minimum Gasteiger partial charge on any atom is -0.467 e. The van der Waals surface area contributed by atoms with Gasteiger partial charge in [0.15, 0.2) is 6.10 Å². The van der Waals surface area contributed by atoms with E-state index in [1.807, 2.05) is 24.3 Å². The van der Waals surface area contributed by atoms with Crippen LogP contribution in [0.15, 0.2) is 82.2 Å². The predicted octanol–water partition coefficient (Wildman–Crippen LogP) is 3.87. The Bertz CT molecular complexity index is 1390. The molecule has 0 aliphatic rings. The number of furan rings is 1. The lowest BCUT2D eigenvalue weighted by molar-refractivity contribution is -0.123. The van der Waals surface area contributed by atoms with Gasteiger partial charge in [-0.2, -0.15) is 0 Å². The number of aromatic nitrogens is 2. The fourth-order valence-electron chi connectivity index (χ4n) is 3.63. The number of hydrogen-bond acceptors (Lipinski definition) is 6. The normalized spacial score (nSPS) is 11.6. The molecule has 2 aromatic carbocycles. The number of hydrogen-bond donors (Lipinski definition) is 2. The summed E-state index contributed by atoms with van der Waals surface area (Å²) in [7, 11) is 1.73. The van der Waals surface area contributed by atoms with Crippen LogP contribution < -0.4 is 16.2 Å². The molecule has 0 bridgehead atoms. The maximum atomic E-state index is 13.0. The number of anilines is 2. The van der Waals surface area contributed by atoms with E-state index in [9.17, 15) is 14.4 Å². The highest BCUT2D eigenvalue weighted by atomic mass is 16.5. The Morgan fingerprint density at radius 2 is 1.74 bits per heavy atom. The highest BCUT2D eigenvalue weighted by molar-refractivity contribution is 5.99. The lowest BCUT2D eigenvalue weighted by atomic mass is 10.1. The third-order valence-corrected chi connectivity index (χ3v) is 5.64. The van der Waals surface area contributed by atoms with Crippen molar-refractivity contribution in [2.75, 3.05) is 10.6 Å². The van der Waals surface area contributed by atoms with Crippen molar-refractivity contribution in [3.63, 3.8) is 0 Å². The average Bonchev–Trinajstić information content (AvgIpc) is 3.46. The second-order valence-electron chi connectivity index (χ2n) is 7.95. The van der Waals surface area contributed by atoms with E-state index in [4.69, 9.17) is 9.15 Å². The van der Waals surface area contributed by atoms with Crippen molar-refractivity contribution < 1.29 is 18.7 Å². The Balaban J connectivity index is 1.46. The van der Waals surface area contributed by atoms with E-state index in [-0.39, 0.29) is 16.8 Å². The Morgan fingerprint density at radius 3 is 2.46 bits per heavy atom. The van der Waals surface area contributed by atoms with Crippen molar-refractivity contribution in [1.82, 2.24) is 9.36 Å². The predicted molar refractivity (Wildman–Crippen MR) is 132 cm³/mol. The van der Waals surface area contributed by atoms with Gasteiger partial charge in [0.25, 0.3) is 11.5 Å². The molecular weight excluding hydrogens is 448 g/mol. The summed E-state index contributed by atoms with van der Waals surface area (Å²) >= 11 is 0. The molecule has 0 spiro atoms. The first-order chi connectivity index (χ1) is 16.9. The molecule has 4 aromatic rings. The number of benzene rings is 2. The maximum absolute atomic E-state index is 13.0. The first kappa shape index (κ1) is 23.6. The van der Waals surface area contributed by atoms with Gasteiger partial charge in [0.2, 0.25) is 0 Å². The van der Waals surface area contributed by atoms with Crippen molar-refractivity contribution in [1.29, 1.82) is 0 Å². The molecule has 9 heteroatoms. The molecule has 0 saturated heterocycles. The third-order valence-electron chi connectivity index (χ3n) is 5.64. The van der Waals surface area contributed by atoms with Gasteiger partial charge in [0.05, 0.1) is 29.8 Å². The van der Waals surface area contributed by atoms with Crippen molar-refractivity contribution in [2.24, 2.45) is 7.05 Å². The summed E-state index contributed by atoms with van der Waals surface area (Å²) in [6, 6.07) is 19.5. The minimum atomic E-state index is -1.13. The van der Waals surface area contributed by atoms with E-state index in [1.165, 1.54) is 11.6 Å². The summed E-state index contributed by atoms with van der Waals surface area (Å²) in [5, 5.41) is 5.76. The van der Waals surface area contributed by atoms with Gasteiger partial charge in [-0.05, 0) is 50.2 Å². The van der Waals surface area contributed by atoms with Crippen LogP contribution in [-0.2, 0) is 23.1 Å². The van der Waals surface area contributed by atoms with E-state index in [0.29, 0.717) is 29.4 Å². The number of esters is 1. The van der Waals surface area contributed by atoms with Crippen LogP contribution in [0.4, 0.5) is 11.4 Å². The van der Waals surface area contributed by atoms with E-state index < -0.39 is 18.0 Å². The van der Waals surface area contributed by atoms with Crippen molar-refractivity contribution in [3.05, 3.63) is 100 Å².